The number of hydrogen-bond donors (Lipinski definition) is 3. The summed E-state index contributed by atoms with van der Waals surface area (Å²) in [5.74, 6) is -1.24. The first-order chi connectivity index (χ1) is 11.6. The summed E-state index contributed by atoms with van der Waals surface area (Å²) in [6.45, 7) is 1.35. The highest BCUT2D eigenvalue weighted by molar-refractivity contribution is 5.87. The molecule has 0 amide bonds. The first kappa shape index (κ1) is 18.2. The van der Waals surface area contributed by atoms with E-state index in [0.717, 1.165) is 29.1 Å². The Kier molecular flexibility index (Phi) is 4.95. The average Bonchev–Trinajstić information content (AvgIpc) is 2.47. The van der Waals surface area contributed by atoms with Gasteiger partial charge in [-0.3, -0.25) is 9.59 Å². The molecule has 11 heteroatoms. The number of H-pyrrole nitrogens is 1. The van der Waals surface area contributed by atoms with Crippen LogP contribution < -0.4 is 16.4 Å². The van der Waals surface area contributed by atoms with Crippen LogP contribution in [0.3, 0.4) is 0 Å². The zero-order valence-corrected chi connectivity index (χ0v) is 12.8. The van der Waals surface area contributed by atoms with Gasteiger partial charge < -0.3 is 15.0 Å². The number of hydrogen-bond acceptors (Lipinski definition) is 5. The summed E-state index contributed by atoms with van der Waals surface area (Å²) >= 11 is 0. The molecule has 0 unspecified atom stereocenters. The zero-order valence-electron chi connectivity index (χ0n) is 12.8. The molecule has 2 rings (SSSR count). The van der Waals surface area contributed by atoms with Crippen molar-refractivity contribution in [2.45, 2.75) is 25.7 Å². The first-order valence-electron chi connectivity index (χ1n) is 6.95. The van der Waals surface area contributed by atoms with Gasteiger partial charge in [0.05, 0.1) is 17.4 Å². The molecule has 3 N–H and O–H groups in total. The number of alkyl halides is 3. The first-order valence-corrected chi connectivity index (χ1v) is 6.95. The van der Waals surface area contributed by atoms with E-state index in [1.54, 1.807) is 5.10 Å². The number of aromatic nitrogens is 3. The number of carbonyl (C=O) groups is 1. The number of rotatable bonds is 5. The summed E-state index contributed by atoms with van der Waals surface area (Å²) in [5, 5.41) is 16.4. The van der Waals surface area contributed by atoms with Crippen molar-refractivity contribution in [1.82, 2.24) is 14.8 Å². The Morgan fingerprint density at radius 3 is 2.68 bits per heavy atom. The van der Waals surface area contributed by atoms with Crippen LogP contribution in [0.1, 0.15) is 22.8 Å². The fourth-order valence-electron chi connectivity index (χ4n) is 2.20. The van der Waals surface area contributed by atoms with Gasteiger partial charge in [-0.15, -0.1) is 0 Å². The van der Waals surface area contributed by atoms with E-state index in [1.807, 2.05) is 0 Å². The van der Waals surface area contributed by atoms with E-state index >= 15 is 0 Å². The Labute approximate surface area is 137 Å². The molecule has 0 aliphatic heterocycles. The van der Waals surface area contributed by atoms with Gasteiger partial charge >= 0.3 is 12.1 Å². The smallest absolute Gasteiger partial charge is 0.423 e. The van der Waals surface area contributed by atoms with Crippen LogP contribution in [-0.2, 0) is 12.7 Å². The highest BCUT2D eigenvalue weighted by Gasteiger charge is 2.37. The van der Waals surface area contributed by atoms with E-state index in [2.05, 4.69) is 10.4 Å². The van der Waals surface area contributed by atoms with Gasteiger partial charge in [0.2, 0.25) is 0 Å². The van der Waals surface area contributed by atoms with E-state index < -0.39 is 40.6 Å². The Morgan fingerprint density at radius 2 is 2.08 bits per heavy atom. The van der Waals surface area contributed by atoms with E-state index in [4.69, 9.17) is 5.11 Å². The molecule has 0 aromatic carbocycles. The quantitative estimate of drug-likeness (QED) is 0.738. The lowest BCUT2D eigenvalue weighted by Gasteiger charge is -2.19. The van der Waals surface area contributed by atoms with Crippen molar-refractivity contribution < 1.29 is 23.1 Å². The molecule has 134 valence electrons. The van der Waals surface area contributed by atoms with Crippen molar-refractivity contribution in [2.24, 2.45) is 0 Å². The fraction of sp³-hybridized carbons (Fsp3) is 0.286. The number of anilines is 1. The minimum absolute atomic E-state index is 0.121. The maximum Gasteiger partial charge on any atom is 0.423 e. The molecule has 8 nitrogen and oxygen atoms in total. The fourth-order valence-corrected chi connectivity index (χ4v) is 2.20. The summed E-state index contributed by atoms with van der Waals surface area (Å²) in [5.41, 5.74) is -4.01. The van der Waals surface area contributed by atoms with Gasteiger partial charge in [-0.05, 0) is 13.0 Å². The average molecular weight is 358 g/mol. The van der Waals surface area contributed by atoms with Gasteiger partial charge in [0, 0.05) is 24.8 Å². The number of pyridine rings is 1. The minimum Gasteiger partial charge on any atom is -0.478 e. The van der Waals surface area contributed by atoms with Crippen LogP contribution in [0, 0.1) is 0 Å². The van der Waals surface area contributed by atoms with E-state index in [0.29, 0.717) is 0 Å². The van der Waals surface area contributed by atoms with Crippen LogP contribution in [0.25, 0.3) is 0 Å². The van der Waals surface area contributed by atoms with E-state index in [1.165, 1.54) is 6.92 Å². The highest BCUT2D eigenvalue weighted by atomic mass is 19.4. The molecule has 0 bridgehead atoms. The third kappa shape index (κ3) is 4.25. The van der Waals surface area contributed by atoms with Crippen LogP contribution in [-0.4, -0.2) is 31.9 Å². The molecule has 2 aromatic heterocycles. The van der Waals surface area contributed by atoms with Crippen LogP contribution in [0.15, 0.2) is 34.1 Å². The SMILES string of the molecule is C[C@@H](Cn1cc(C(=O)O)ccc1=O)Nc1cn[nH]c(=O)c1C(F)(F)F. The van der Waals surface area contributed by atoms with Gasteiger partial charge in [0.1, 0.15) is 5.56 Å². The summed E-state index contributed by atoms with van der Waals surface area (Å²) in [6, 6.07) is 1.44. The summed E-state index contributed by atoms with van der Waals surface area (Å²) in [6.07, 6.45) is -2.99. The number of carboxylic acids is 1. The lowest BCUT2D eigenvalue weighted by molar-refractivity contribution is -0.138. The number of nitrogens with one attached hydrogen (secondary N) is 2. The second kappa shape index (κ2) is 6.79. The Hall–Kier alpha value is -3.11. The lowest BCUT2D eigenvalue weighted by atomic mass is 10.2. The predicted molar refractivity (Wildman–Crippen MR) is 80.6 cm³/mol. The topological polar surface area (TPSA) is 117 Å². The number of carboxylic acid groups (broad SMARTS) is 1. The number of halogens is 3. The molecule has 0 aliphatic rings. The lowest BCUT2D eigenvalue weighted by Crippen LogP contribution is -2.32. The Morgan fingerprint density at radius 1 is 1.40 bits per heavy atom. The monoisotopic (exact) mass is 358 g/mol. The zero-order chi connectivity index (χ0) is 18.8. The van der Waals surface area contributed by atoms with Gasteiger partial charge in [-0.25, -0.2) is 9.89 Å². The third-order valence-electron chi connectivity index (χ3n) is 3.24. The predicted octanol–water partition coefficient (Wildman–Crippen LogP) is 1.15. The molecule has 0 fully saturated rings. The second-order valence-corrected chi connectivity index (χ2v) is 5.24. The summed E-state index contributed by atoms with van der Waals surface area (Å²) in [7, 11) is 0. The molecular weight excluding hydrogens is 345 g/mol. The Balaban J connectivity index is 2.28. The maximum absolute atomic E-state index is 13.0. The maximum atomic E-state index is 13.0. The number of aromatic amines is 1. The highest BCUT2D eigenvalue weighted by Crippen LogP contribution is 2.31. The summed E-state index contributed by atoms with van der Waals surface area (Å²) < 4.78 is 40.0. The molecule has 25 heavy (non-hydrogen) atoms. The normalized spacial score (nSPS) is 12.6. The van der Waals surface area contributed by atoms with Crippen molar-refractivity contribution in [2.75, 3.05) is 5.32 Å². The standard InChI is InChI=1S/C14H13F3N4O4/c1-7(5-21-6-8(13(24)25)2-3-10(21)22)19-9-4-18-20-12(23)11(9)14(15,16)17/h2-4,6-7H,5H2,1H3,(H,24,25)(H2,19,20,23)/t7-/m0/s1. The number of aromatic carboxylic acids is 1. The molecule has 0 aliphatic carbocycles. The molecule has 0 saturated carbocycles. The third-order valence-corrected chi connectivity index (χ3v) is 3.24. The van der Waals surface area contributed by atoms with Crippen molar-refractivity contribution in [3.8, 4) is 0 Å². The van der Waals surface area contributed by atoms with Gasteiger partial charge in [-0.1, -0.05) is 0 Å². The van der Waals surface area contributed by atoms with Crippen LogP contribution >= 0.6 is 0 Å². The molecule has 0 saturated heterocycles. The molecule has 2 heterocycles. The van der Waals surface area contributed by atoms with E-state index in [-0.39, 0.29) is 12.1 Å². The number of nitrogens with zero attached hydrogens (tertiary/aromatic N) is 2. The van der Waals surface area contributed by atoms with Gasteiger partial charge in [0.15, 0.2) is 0 Å². The second-order valence-electron chi connectivity index (χ2n) is 5.24. The van der Waals surface area contributed by atoms with Crippen molar-refractivity contribution in [3.05, 3.63) is 56.4 Å². The molecule has 1 atom stereocenters. The van der Waals surface area contributed by atoms with Crippen molar-refractivity contribution in [3.63, 3.8) is 0 Å². The molecule has 0 spiro atoms. The van der Waals surface area contributed by atoms with Gasteiger partial charge in [0.25, 0.3) is 11.1 Å². The molecule has 2 aromatic rings. The van der Waals surface area contributed by atoms with Crippen molar-refractivity contribution in [1.29, 1.82) is 0 Å². The van der Waals surface area contributed by atoms with Crippen LogP contribution in [0.4, 0.5) is 18.9 Å². The molecule has 0 radical (unpaired) electrons. The van der Waals surface area contributed by atoms with Crippen molar-refractivity contribution >= 4 is 11.7 Å². The van der Waals surface area contributed by atoms with Crippen LogP contribution in [0.5, 0.6) is 0 Å². The molecular formula is C14H13F3N4O4. The Bertz CT molecular complexity index is 904. The largest absolute Gasteiger partial charge is 0.478 e. The van der Waals surface area contributed by atoms with Crippen LogP contribution in [0.2, 0.25) is 0 Å². The van der Waals surface area contributed by atoms with E-state index in [9.17, 15) is 27.6 Å². The minimum atomic E-state index is -4.89. The van der Waals surface area contributed by atoms with Gasteiger partial charge in [-0.2, -0.15) is 18.3 Å². The summed E-state index contributed by atoms with van der Waals surface area (Å²) in [4.78, 5) is 34.1.